The highest BCUT2D eigenvalue weighted by molar-refractivity contribution is 5.74. The summed E-state index contributed by atoms with van der Waals surface area (Å²) in [6.07, 6.45) is 3.65. The van der Waals surface area contributed by atoms with Gasteiger partial charge in [-0.05, 0) is 50.6 Å². The molecule has 2 aliphatic rings. The summed E-state index contributed by atoms with van der Waals surface area (Å²) in [5.74, 6) is 0.519. The Kier molecular flexibility index (Phi) is 3.82. The van der Waals surface area contributed by atoms with E-state index in [1.807, 2.05) is 0 Å². The van der Waals surface area contributed by atoms with Gasteiger partial charge >= 0.3 is 5.97 Å². The SMILES string of the molecule is COC(=O)C(O)C1CCN(CC2CC2)CC1. The number of likely N-dealkylation sites (tertiary alicyclic amines) is 1. The third-order valence-corrected chi connectivity index (χ3v) is 3.73. The molecule has 1 saturated heterocycles. The number of aliphatic hydroxyl groups excluding tert-OH is 1. The molecule has 2 fully saturated rings. The van der Waals surface area contributed by atoms with Gasteiger partial charge in [0.05, 0.1) is 7.11 Å². The molecule has 0 aromatic heterocycles. The van der Waals surface area contributed by atoms with Crippen LogP contribution in [0.25, 0.3) is 0 Å². The van der Waals surface area contributed by atoms with Crippen LogP contribution in [0.15, 0.2) is 0 Å². The summed E-state index contributed by atoms with van der Waals surface area (Å²) in [5, 5.41) is 9.73. The Balaban J connectivity index is 1.73. The van der Waals surface area contributed by atoms with Gasteiger partial charge in [0.15, 0.2) is 6.10 Å². The van der Waals surface area contributed by atoms with Crippen molar-refractivity contribution in [2.24, 2.45) is 11.8 Å². The highest BCUT2D eigenvalue weighted by Crippen LogP contribution is 2.31. The van der Waals surface area contributed by atoms with E-state index in [1.165, 1.54) is 26.5 Å². The van der Waals surface area contributed by atoms with Gasteiger partial charge in [-0.1, -0.05) is 0 Å². The topological polar surface area (TPSA) is 49.8 Å². The average Bonchev–Trinajstić information content (AvgIpc) is 3.12. The number of nitrogens with zero attached hydrogens (tertiary/aromatic N) is 1. The summed E-state index contributed by atoms with van der Waals surface area (Å²) in [6.45, 7) is 3.23. The molecule has 0 aromatic carbocycles. The summed E-state index contributed by atoms with van der Waals surface area (Å²) < 4.78 is 4.56. The van der Waals surface area contributed by atoms with Gasteiger partial charge in [-0.2, -0.15) is 0 Å². The Morgan fingerprint density at radius 2 is 2.00 bits per heavy atom. The predicted molar refractivity (Wildman–Crippen MR) is 59.9 cm³/mol. The molecule has 16 heavy (non-hydrogen) atoms. The number of ether oxygens (including phenoxy) is 1. The number of piperidine rings is 1. The standard InChI is InChI=1S/C12H21NO3/c1-16-12(15)11(14)10-4-6-13(7-5-10)8-9-2-3-9/h9-11,14H,2-8H2,1H3. The Bertz CT molecular complexity index is 245. The van der Waals surface area contributed by atoms with Crippen LogP contribution < -0.4 is 0 Å². The van der Waals surface area contributed by atoms with E-state index in [2.05, 4.69) is 9.64 Å². The highest BCUT2D eigenvalue weighted by atomic mass is 16.5. The van der Waals surface area contributed by atoms with E-state index in [0.717, 1.165) is 31.8 Å². The van der Waals surface area contributed by atoms with E-state index in [4.69, 9.17) is 0 Å². The van der Waals surface area contributed by atoms with Crippen LogP contribution in [-0.4, -0.2) is 48.8 Å². The first-order valence-electron chi connectivity index (χ1n) is 6.19. The normalized spacial score (nSPS) is 25.4. The fourth-order valence-electron chi connectivity index (χ4n) is 2.43. The smallest absolute Gasteiger partial charge is 0.334 e. The van der Waals surface area contributed by atoms with Crippen molar-refractivity contribution in [2.75, 3.05) is 26.7 Å². The fraction of sp³-hybridized carbons (Fsp3) is 0.917. The van der Waals surface area contributed by atoms with Crippen LogP contribution in [0.1, 0.15) is 25.7 Å². The van der Waals surface area contributed by atoms with Crippen molar-refractivity contribution < 1.29 is 14.6 Å². The maximum atomic E-state index is 11.2. The van der Waals surface area contributed by atoms with Crippen LogP contribution in [0.4, 0.5) is 0 Å². The van der Waals surface area contributed by atoms with E-state index in [0.29, 0.717) is 0 Å². The third kappa shape index (κ3) is 2.95. The molecular formula is C12H21NO3. The lowest BCUT2D eigenvalue weighted by Gasteiger charge is -2.33. The number of hydrogen-bond acceptors (Lipinski definition) is 4. The monoisotopic (exact) mass is 227 g/mol. The minimum atomic E-state index is -0.923. The van der Waals surface area contributed by atoms with E-state index in [-0.39, 0.29) is 5.92 Å². The summed E-state index contributed by atoms with van der Waals surface area (Å²) in [5.41, 5.74) is 0. The van der Waals surface area contributed by atoms with E-state index < -0.39 is 12.1 Å². The van der Waals surface area contributed by atoms with E-state index >= 15 is 0 Å². The number of esters is 1. The fourth-order valence-corrected chi connectivity index (χ4v) is 2.43. The second-order valence-corrected chi connectivity index (χ2v) is 5.05. The van der Waals surface area contributed by atoms with E-state index in [9.17, 15) is 9.90 Å². The van der Waals surface area contributed by atoms with Crippen molar-refractivity contribution in [1.82, 2.24) is 4.90 Å². The van der Waals surface area contributed by atoms with Crippen LogP contribution in [0.2, 0.25) is 0 Å². The van der Waals surface area contributed by atoms with Crippen molar-refractivity contribution in [2.45, 2.75) is 31.8 Å². The molecule has 0 spiro atoms. The molecule has 1 unspecified atom stereocenters. The van der Waals surface area contributed by atoms with Crippen molar-refractivity contribution >= 4 is 5.97 Å². The molecule has 1 heterocycles. The van der Waals surface area contributed by atoms with Crippen molar-refractivity contribution in [3.63, 3.8) is 0 Å². The number of rotatable bonds is 4. The average molecular weight is 227 g/mol. The predicted octanol–water partition coefficient (Wildman–Crippen LogP) is 0.642. The number of methoxy groups -OCH3 is 1. The summed E-state index contributed by atoms with van der Waals surface area (Å²) >= 11 is 0. The van der Waals surface area contributed by atoms with Crippen LogP contribution in [0, 0.1) is 11.8 Å². The maximum absolute atomic E-state index is 11.2. The van der Waals surface area contributed by atoms with Gasteiger partial charge in [-0.25, -0.2) is 4.79 Å². The Labute approximate surface area is 96.6 Å². The van der Waals surface area contributed by atoms with Gasteiger partial charge in [0.1, 0.15) is 0 Å². The van der Waals surface area contributed by atoms with Gasteiger partial charge < -0.3 is 14.7 Å². The lowest BCUT2D eigenvalue weighted by atomic mass is 9.91. The first-order valence-corrected chi connectivity index (χ1v) is 6.19. The Morgan fingerprint density at radius 3 is 2.50 bits per heavy atom. The minimum absolute atomic E-state index is 0.0860. The Hall–Kier alpha value is -0.610. The molecule has 0 aromatic rings. The molecule has 1 aliphatic heterocycles. The molecule has 2 rings (SSSR count). The summed E-state index contributed by atoms with van der Waals surface area (Å²) in [4.78, 5) is 13.7. The van der Waals surface area contributed by atoms with E-state index in [1.54, 1.807) is 0 Å². The number of hydrogen-bond donors (Lipinski definition) is 1. The Morgan fingerprint density at radius 1 is 1.38 bits per heavy atom. The highest BCUT2D eigenvalue weighted by Gasteiger charge is 2.32. The summed E-state index contributed by atoms with van der Waals surface area (Å²) in [7, 11) is 1.33. The molecule has 92 valence electrons. The van der Waals surface area contributed by atoms with Gasteiger partial charge in [-0.3, -0.25) is 0 Å². The number of carbonyl (C=O) groups excluding carboxylic acids is 1. The molecule has 1 N–H and O–H groups in total. The zero-order chi connectivity index (χ0) is 11.5. The first kappa shape index (κ1) is 11.9. The van der Waals surface area contributed by atoms with Gasteiger partial charge in [0.2, 0.25) is 0 Å². The molecule has 1 saturated carbocycles. The lowest BCUT2D eigenvalue weighted by molar-refractivity contribution is -0.154. The third-order valence-electron chi connectivity index (χ3n) is 3.73. The van der Waals surface area contributed by atoms with Crippen LogP contribution in [0.3, 0.4) is 0 Å². The van der Waals surface area contributed by atoms with Crippen molar-refractivity contribution in [1.29, 1.82) is 0 Å². The second-order valence-electron chi connectivity index (χ2n) is 5.05. The zero-order valence-corrected chi connectivity index (χ0v) is 9.89. The largest absolute Gasteiger partial charge is 0.467 e. The second kappa shape index (κ2) is 5.15. The molecule has 0 bridgehead atoms. The minimum Gasteiger partial charge on any atom is -0.467 e. The molecule has 4 nitrogen and oxygen atoms in total. The van der Waals surface area contributed by atoms with Gasteiger partial charge in [0, 0.05) is 6.54 Å². The zero-order valence-electron chi connectivity index (χ0n) is 9.89. The molecule has 0 amide bonds. The number of aliphatic hydroxyl groups is 1. The molecule has 4 heteroatoms. The van der Waals surface area contributed by atoms with Crippen LogP contribution in [0.5, 0.6) is 0 Å². The molecule has 1 atom stereocenters. The van der Waals surface area contributed by atoms with Gasteiger partial charge in [0.25, 0.3) is 0 Å². The quantitative estimate of drug-likeness (QED) is 0.716. The molecule has 1 aliphatic carbocycles. The van der Waals surface area contributed by atoms with Crippen molar-refractivity contribution in [3.8, 4) is 0 Å². The van der Waals surface area contributed by atoms with Crippen LogP contribution in [-0.2, 0) is 9.53 Å². The summed E-state index contributed by atoms with van der Waals surface area (Å²) in [6, 6.07) is 0. The molecular weight excluding hydrogens is 206 g/mol. The van der Waals surface area contributed by atoms with Crippen molar-refractivity contribution in [3.05, 3.63) is 0 Å². The molecule has 0 radical (unpaired) electrons. The van der Waals surface area contributed by atoms with Crippen LogP contribution >= 0.6 is 0 Å². The first-order chi connectivity index (χ1) is 7.70. The number of carbonyl (C=O) groups is 1. The lowest BCUT2D eigenvalue weighted by Crippen LogP contribution is -2.41. The van der Waals surface area contributed by atoms with Gasteiger partial charge in [-0.15, -0.1) is 0 Å². The maximum Gasteiger partial charge on any atom is 0.334 e.